The molecule has 1 aromatic heterocycles. The van der Waals surface area contributed by atoms with E-state index >= 15 is 4.39 Å². The van der Waals surface area contributed by atoms with Gasteiger partial charge < -0.3 is 33.7 Å². The number of hydrogen-bond donors (Lipinski definition) is 1. The number of benzene rings is 2. The van der Waals surface area contributed by atoms with Crippen LogP contribution in [0.2, 0.25) is 5.02 Å². The third-order valence-electron chi connectivity index (χ3n) is 10.9. The van der Waals surface area contributed by atoms with Gasteiger partial charge in [-0.2, -0.15) is 4.31 Å². The highest BCUT2D eigenvalue weighted by molar-refractivity contribution is 7.89. The van der Waals surface area contributed by atoms with Crippen LogP contribution >= 0.6 is 11.6 Å². The third-order valence-corrected chi connectivity index (χ3v) is 13.3. The fourth-order valence-corrected chi connectivity index (χ4v) is 9.53. The topological polar surface area (TPSA) is 186 Å². The van der Waals surface area contributed by atoms with Crippen molar-refractivity contribution in [1.82, 2.24) is 14.6 Å². The van der Waals surface area contributed by atoms with Gasteiger partial charge in [0, 0.05) is 74.4 Å². The van der Waals surface area contributed by atoms with E-state index in [4.69, 9.17) is 40.0 Å². The van der Waals surface area contributed by atoms with E-state index in [1.54, 1.807) is 33.2 Å². The Labute approximate surface area is 365 Å². The molecule has 18 heteroatoms. The van der Waals surface area contributed by atoms with Crippen molar-refractivity contribution < 1.29 is 60.4 Å². The lowest BCUT2D eigenvalue weighted by Crippen LogP contribution is -2.60. The van der Waals surface area contributed by atoms with Gasteiger partial charge in [-0.1, -0.05) is 36.7 Å². The molecule has 1 saturated heterocycles. The molecule has 3 fully saturated rings. The highest BCUT2D eigenvalue weighted by Crippen LogP contribution is 2.53. The number of para-hydroxylation sites is 1. The van der Waals surface area contributed by atoms with Gasteiger partial charge in [-0.25, -0.2) is 12.8 Å². The minimum absolute atomic E-state index is 0.00789. The molecule has 0 radical (unpaired) electrons. The van der Waals surface area contributed by atoms with Crippen molar-refractivity contribution in [3.05, 3.63) is 76.8 Å². The summed E-state index contributed by atoms with van der Waals surface area (Å²) in [7, 11) is -4.39. The molecule has 1 N–H and O–H groups in total. The molecule has 2 aliphatic carbocycles. The standard InChI is InChI=1S/C44H53ClFN3O12S/c1-25(2)49(20-10-9-18-48-42(53)40-26(3)39(57-27(4)50)41(58-28(5)51)43(61-40)59-29(6)52)62(54,55)38-21-30(35(45)22-36(38)46)24-56-44(16-17-44)34-23-47-19-15-32(34)33-11-7-8-12-37(33)60-31-13-14-31/h7-8,11-12,15,19,21-23,25-26,31,39-41,43H,9-10,13-14,16-18,20,24H2,1-6H3,(H,48,53)/t26-,39-,40-,41+,43?/m0/s1. The smallest absolute Gasteiger partial charge is 0.305 e. The van der Waals surface area contributed by atoms with Crippen molar-refractivity contribution in [3.63, 3.8) is 0 Å². The highest BCUT2D eigenvalue weighted by Gasteiger charge is 2.52. The predicted molar refractivity (Wildman–Crippen MR) is 222 cm³/mol. The summed E-state index contributed by atoms with van der Waals surface area (Å²) in [5.41, 5.74) is 2.29. The number of hydrogen-bond acceptors (Lipinski definition) is 13. The Morgan fingerprint density at radius 3 is 2.29 bits per heavy atom. The molecule has 2 saturated carbocycles. The number of carbonyl (C=O) groups is 4. The molecular weight excluding hydrogens is 849 g/mol. The first-order valence-corrected chi connectivity index (χ1v) is 22.5. The SMILES string of the molecule is CC(=O)OC1O[C@H](C(=O)NCCCCN(C(C)C)S(=O)(=O)c2cc(COC3(c4cnccc4-c4ccccc4OC4CC4)CC3)c(Cl)cc2F)[C@@H](C)[C@H](OC(C)=O)[C@H]1OC(C)=O. The summed E-state index contributed by atoms with van der Waals surface area (Å²) >= 11 is 6.52. The minimum Gasteiger partial charge on any atom is -0.490 e. The van der Waals surface area contributed by atoms with Crippen LogP contribution in [0.15, 0.2) is 59.8 Å². The molecule has 2 heterocycles. The molecule has 2 aromatic carbocycles. The summed E-state index contributed by atoms with van der Waals surface area (Å²) in [5.74, 6) is -3.93. The minimum atomic E-state index is -4.39. The zero-order valence-electron chi connectivity index (χ0n) is 35.6. The Balaban J connectivity index is 1.10. The van der Waals surface area contributed by atoms with Crippen molar-refractivity contribution in [2.45, 2.75) is 134 Å². The molecule has 3 aromatic rings. The Morgan fingerprint density at radius 2 is 1.65 bits per heavy atom. The number of rotatable bonds is 19. The number of esters is 3. The number of sulfonamides is 1. The molecule has 1 unspecified atom stereocenters. The van der Waals surface area contributed by atoms with Crippen molar-refractivity contribution in [1.29, 1.82) is 0 Å². The summed E-state index contributed by atoms with van der Waals surface area (Å²) in [5, 5.41) is 2.75. The fourth-order valence-electron chi connectivity index (χ4n) is 7.55. The van der Waals surface area contributed by atoms with E-state index in [1.807, 2.05) is 30.3 Å². The van der Waals surface area contributed by atoms with E-state index < -0.39 is 86.7 Å². The second kappa shape index (κ2) is 19.8. The number of carbonyl (C=O) groups excluding carboxylic acids is 4. The quantitative estimate of drug-likeness (QED) is 0.0796. The number of aromatic nitrogens is 1. The van der Waals surface area contributed by atoms with Gasteiger partial charge in [0.2, 0.25) is 28.3 Å². The number of ether oxygens (including phenoxy) is 6. The molecule has 5 atom stereocenters. The normalized spacial score (nSPS) is 21.9. The van der Waals surface area contributed by atoms with Gasteiger partial charge in [0.05, 0.1) is 18.3 Å². The van der Waals surface area contributed by atoms with Crippen LogP contribution < -0.4 is 10.1 Å². The van der Waals surface area contributed by atoms with Gasteiger partial charge >= 0.3 is 17.9 Å². The van der Waals surface area contributed by atoms with Gasteiger partial charge in [0.25, 0.3) is 0 Å². The summed E-state index contributed by atoms with van der Waals surface area (Å²) < 4.78 is 79.4. The van der Waals surface area contributed by atoms with Gasteiger partial charge in [-0.05, 0) is 87.8 Å². The molecule has 6 rings (SSSR count). The van der Waals surface area contributed by atoms with Crippen LogP contribution in [-0.2, 0) is 65.1 Å². The molecule has 336 valence electrons. The van der Waals surface area contributed by atoms with Gasteiger partial charge in [0.1, 0.15) is 22.6 Å². The number of pyridine rings is 1. The maximum atomic E-state index is 15.6. The number of halogens is 2. The van der Waals surface area contributed by atoms with E-state index in [0.717, 1.165) is 62.1 Å². The van der Waals surface area contributed by atoms with E-state index in [0.29, 0.717) is 24.8 Å². The van der Waals surface area contributed by atoms with E-state index in [2.05, 4.69) is 10.3 Å². The van der Waals surface area contributed by atoms with E-state index in [1.165, 1.54) is 10.4 Å². The summed E-state index contributed by atoms with van der Waals surface area (Å²) in [6, 6.07) is 11.4. The first-order valence-electron chi connectivity index (χ1n) is 20.7. The Hall–Kier alpha value is -4.68. The fraction of sp³-hybridized carbons (Fsp3) is 0.523. The highest BCUT2D eigenvalue weighted by atomic mass is 35.5. The average Bonchev–Trinajstić information content (AvgIpc) is 4.15. The number of unbranched alkanes of at least 4 members (excludes halogenated alkanes) is 1. The third kappa shape index (κ3) is 11.1. The van der Waals surface area contributed by atoms with Crippen molar-refractivity contribution in [2.24, 2.45) is 5.92 Å². The van der Waals surface area contributed by atoms with Crippen molar-refractivity contribution >= 4 is 45.4 Å². The molecule has 0 bridgehead atoms. The molecule has 0 spiro atoms. The Kier molecular flexibility index (Phi) is 14.9. The number of amides is 1. The maximum Gasteiger partial charge on any atom is 0.305 e. The van der Waals surface area contributed by atoms with Gasteiger partial charge in [-0.3, -0.25) is 24.2 Å². The van der Waals surface area contributed by atoms with Crippen LogP contribution in [0.5, 0.6) is 5.75 Å². The molecule has 62 heavy (non-hydrogen) atoms. The number of nitrogens with zero attached hydrogens (tertiary/aromatic N) is 2. The summed E-state index contributed by atoms with van der Waals surface area (Å²) in [6.07, 6.45) is 2.36. The van der Waals surface area contributed by atoms with Crippen molar-refractivity contribution in [3.8, 4) is 16.9 Å². The van der Waals surface area contributed by atoms with Crippen LogP contribution in [0.3, 0.4) is 0 Å². The van der Waals surface area contributed by atoms with Crippen LogP contribution in [-0.4, -0.2) is 91.4 Å². The maximum absolute atomic E-state index is 15.6. The summed E-state index contributed by atoms with van der Waals surface area (Å²) in [6.45, 7) is 8.28. The first kappa shape index (κ1) is 46.8. The van der Waals surface area contributed by atoms with E-state index in [9.17, 15) is 27.6 Å². The Morgan fingerprint density at radius 1 is 0.968 bits per heavy atom. The van der Waals surface area contributed by atoms with Crippen molar-refractivity contribution in [2.75, 3.05) is 13.1 Å². The Bertz CT molecular complexity index is 2250. The molecular formula is C44H53ClFN3O12S. The summed E-state index contributed by atoms with van der Waals surface area (Å²) in [4.78, 5) is 52.9. The second-order valence-corrected chi connectivity index (χ2v) is 18.4. The van der Waals surface area contributed by atoms with Crippen LogP contribution in [0.25, 0.3) is 11.1 Å². The monoisotopic (exact) mass is 901 g/mol. The average molecular weight is 902 g/mol. The largest absolute Gasteiger partial charge is 0.490 e. The lowest BCUT2D eigenvalue weighted by Gasteiger charge is -2.42. The van der Waals surface area contributed by atoms with Crippen LogP contribution in [0.4, 0.5) is 4.39 Å². The second-order valence-electron chi connectivity index (χ2n) is 16.1. The molecule has 1 aliphatic heterocycles. The number of nitrogens with one attached hydrogen (secondary N) is 1. The first-order chi connectivity index (χ1) is 29.4. The zero-order valence-corrected chi connectivity index (χ0v) is 37.1. The molecule has 3 aliphatic rings. The predicted octanol–water partition coefficient (Wildman–Crippen LogP) is 6.37. The van der Waals surface area contributed by atoms with Crippen LogP contribution in [0, 0.1) is 11.7 Å². The zero-order chi connectivity index (χ0) is 44.9. The lowest BCUT2D eigenvalue weighted by atomic mass is 9.89. The molecule has 1 amide bonds. The van der Waals surface area contributed by atoms with E-state index in [-0.39, 0.29) is 37.2 Å². The van der Waals surface area contributed by atoms with Gasteiger partial charge in [0.15, 0.2) is 6.10 Å². The molecule has 15 nitrogen and oxygen atoms in total. The van der Waals surface area contributed by atoms with Gasteiger partial charge in [-0.15, -0.1) is 0 Å². The lowest BCUT2D eigenvalue weighted by molar-refractivity contribution is -0.277. The van der Waals surface area contributed by atoms with Crippen LogP contribution in [0.1, 0.15) is 91.2 Å².